The Kier molecular flexibility index (Phi) is 3.34. The van der Waals surface area contributed by atoms with Crippen LogP contribution in [0.2, 0.25) is 0 Å². The van der Waals surface area contributed by atoms with Crippen LogP contribution in [0.3, 0.4) is 0 Å². The molecule has 1 saturated carbocycles. The highest BCUT2D eigenvalue weighted by Gasteiger charge is 2.40. The zero-order valence-corrected chi connectivity index (χ0v) is 11.2. The van der Waals surface area contributed by atoms with Gasteiger partial charge in [0.2, 0.25) is 0 Å². The molecule has 0 spiro atoms. The maximum atomic E-state index is 5.68. The molecule has 3 rings (SSSR count). The average molecular weight is 256 g/mol. The minimum Gasteiger partial charge on any atom is -0.330 e. The van der Waals surface area contributed by atoms with Gasteiger partial charge in [-0.2, -0.15) is 0 Å². The first-order valence-electron chi connectivity index (χ1n) is 6.93. The summed E-state index contributed by atoms with van der Waals surface area (Å²) < 4.78 is 2.00. The van der Waals surface area contributed by atoms with Crippen molar-refractivity contribution in [2.45, 2.75) is 25.7 Å². The molecule has 0 radical (unpaired) electrons. The van der Waals surface area contributed by atoms with Gasteiger partial charge in [-0.15, -0.1) is 0 Å². The van der Waals surface area contributed by atoms with Gasteiger partial charge in [0.1, 0.15) is 12.1 Å². The maximum Gasteiger partial charge on any atom is 0.137 e. The predicted molar refractivity (Wildman–Crippen MR) is 75.0 cm³/mol. The Morgan fingerprint density at radius 2 is 2.32 bits per heavy atom. The fourth-order valence-corrected chi connectivity index (χ4v) is 2.64. The van der Waals surface area contributed by atoms with Gasteiger partial charge >= 0.3 is 0 Å². The molecule has 0 saturated heterocycles. The molecule has 2 aromatic rings. The number of nitrogens with zero attached hydrogens (tertiary/aromatic N) is 3. The summed E-state index contributed by atoms with van der Waals surface area (Å²) in [6, 6.07) is 5.91. The van der Waals surface area contributed by atoms with Gasteiger partial charge in [-0.1, -0.05) is 13.0 Å². The molecule has 0 aliphatic heterocycles. The minimum atomic E-state index is 0.618. The third-order valence-electron chi connectivity index (χ3n) is 3.93. The molecule has 4 heteroatoms. The fourth-order valence-electron chi connectivity index (χ4n) is 2.64. The monoisotopic (exact) mass is 256 g/mol. The van der Waals surface area contributed by atoms with Crippen LogP contribution in [0.15, 0.2) is 36.9 Å². The first-order chi connectivity index (χ1) is 9.28. The third-order valence-corrected chi connectivity index (χ3v) is 3.93. The van der Waals surface area contributed by atoms with E-state index in [1.807, 2.05) is 29.1 Å². The van der Waals surface area contributed by atoms with Crippen LogP contribution in [-0.2, 0) is 0 Å². The van der Waals surface area contributed by atoms with Crippen LogP contribution in [0, 0.1) is 11.8 Å². The first kappa shape index (κ1) is 12.4. The molecule has 100 valence electrons. The van der Waals surface area contributed by atoms with E-state index in [4.69, 9.17) is 5.73 Å². The van der Waals surface area contributed by atoms with E-state index in [2.05, 4.69) is 23.1 Å². The van der Waals surface area contributed by atoms with Crippen molar-refractivity contribution in [2.24, 2.45) is 17.6 Å². The van der Waals surface area contributed by atoms with Crippen LogP contribution in [-0.4, -0.2) is 21.1 Å². The van der Waals surface area contributed by atoms with E-state index in [1.165, 1.54) is 18.5 Å². The van der Waals surface area contributed by atoms with E-state index in [0.717, 1.165) is 18.3 Å². The van der Waals surface area contributed by atoms with Crippen molar-refractivity contribution in [3.8, 4) is 5.82 Å². The van der Waals surface area contributed by atoms with E-state index >= 15 is 0 Å². The van der Waals surface area contributed by atoms with E-state index in [1.54, 1.807) is 6.20 Å². The molecule has 4 nitrogen and oxygen atoms in total. The molecule has 2 N–H and O–H groups in total. The Bertz CT molecular complexity index is 534. The number of hydrogen-bond acceptors (Lipinski definition) is 3. The molecule has 1 aliphatic rings. The van der Waals surface area contributed by atoms with Gasteiger partial charge in [-0.3, -0.25) is 4.57 Å². The van der Waals surface area contributed by atoms with Crippen LogP contribution in [0.25, 0.3) is 5.82 Å². The topological polar surface area (TPSA) is 56.7 Å². The van der Waals surface area contributed by atoms with Crippen LogP contribution >= 0.6 is 0 Å². The summed E-state index contributed by atoms with van der Waals surface area (Å²) in [5, 5.41) is 0. The highest BCUT2D eigenvalue weighted by atomic mass is 15.1. The Morgan fingerprint density at radius 1 is 1.42 bits per heavy atom. The summed E-state index contributed by atoms with van der Waals surface area (Å²) in [7, 11) is 0. The summed E-state index contributed by atoms with van der Waals surface area (Å²) in [5.74, 6) is 2.94. The highest BCUT2D eigenvalue weighted by molar-refractivity contribution is 5.25. The zero-order chi connectivity index (χ0) is 13.2. The van der Waals surface area contributed by atoms with Gasteiger partial charge in [-0.25, -0.2) is 9.97 Å². The molecular formula is C15H20N4. The Balaban J connectivity index is 1.67. The number of pyridine rings is 1. The lowest BCUT2D eigenvalue weighted by atomic mass is 10.0. The summed E-state index contributed by atoms with van der Waals surface area (Å²) >= 11 is 0. The van der Waals surface area contributed by atoms with Crippen molar-refractivity contribution in [2.75, 3.05) is 6.54 Å². The Hall–Kier alpha value is -1.68. The SMILES string of the molecule is C[C@@H](CN)CC1CC1c1cn(-c2ccccn2)cn1. The quantitative estimate of drug-likeness (QED) is 0.893. The lowest BCUT2D eigenvalue weighted by Gasteiger charge is -2.06. The standard InChI is InChI=1S/C15H20N4/c1-11(8-16)6-12-7-13(12)14-9-19(10-18-14)15-4-2-3-5-17-15/h2-5,9-13H,6-8,16H2,1H3/t11-,12?,13?/m1/s1. The number of imidazole rings is 1. The molecule has 2 heterocycles. The smallest absolute Gasteiger partial charge is 0.137 e. The molecular weight excluding hydrogens is 236 g/mol. The second-order valence-corrected chi connectivity index (χ2v) is 5.57. The van der Waals surface area contributed by atoms with Crippen molar-refractivity contribution >= 4 is 0 Å². The number of nitrogens with two attached hydrogens (primary N) is 1. The molecule has 0 bridgehead atoms. The van der Waals surface area contributed by atoms with Crippen molar-refractivity contribution in [1.29, 1.82) is 0 Å². The molecule has 0 aromatic carbocycles. The largest absolute Gasteiger partial charge is 0.330 e. The van der Waals surface area contributed by atoms with Crippen molar-refractivity contribution in [1.82, 2.24) is 14.5 Å². The molecule has 3 atom stereocenters. The molecule has 2 unspecified atom stereocenters. The normalized spacial score (nSPS) is 23.3. The van der Waals surface area contributed by atoms with E-state index in [9.17, 15) is 0 Å². The second-order valence-electron chi connectivity index (χ2n) is 5.57. The highest BCUT2D eigenvalue weighted by Crippen LogP contribution is 2.50. The fraction of sp³-hybridized carbons (Fsp3) is 0.467. The van der Waals surface area contributed by atoms with Crippen molar-refractivity contribution in [3.05, 3.63) is 42.6 Å². The second kappa shape index (κ2) is 5.13. The van der Waals surface area contributed by atoms with Gasteiger partial charge in [0.25, 0.3) is 0 Å². The summed E-state index contributed by atoms with van der Waals surface area (Å²) in [4.78, 5) is 8.86. The van der Waals surface area contributed by atoms with E-state index in [0.29, 0.717) is 11.8 Å². The lowest BCUT2D eigenvalue weighted by Crippen LogP contribution is -2.11. The van der Waals surface area contributed by atoms with Gasteiger partial charge < -0.3 is 5.73 Å². The molecule has 2 aromatic heterocycles. The van der Waals surface area contributed by atoms with Crippen LogP contribution in [0.5, 0.6) is 0 Å². The first-order valence-corrected chi connectivity index (χ1v) is 6.93. The van der Waals surface area contributed by atoms with Crippen molar-refractivity contribution in [3.63, 3.8) is 0 Å². The summed E-state index contributed by atoms with van der Waals surface area (Å²) in [6.07, 6.45) is 8.25. The summed E-state index contributed by atoms with van der Waals surface area (Å²) in [5.41, 5.74) is 6.88. The predicted octanol–water partition coefficient (Wildman–Crippen LogP) is 2.36. The van der Waals surface area contributed by atoms with Gasteiger partial charge in [0.05, 0.1) is 5.69 Å². The molecule has 1 fully saturated rings. The average Bonchev–Trinajstić information content (AvgIpc) is 3.03. The molecule has 1 aliphatic carbocycles. The Morgan fingerprint density at radius 3 is 3.05 bits per heavy atom. The van der Waals surface area contributed by atoms with E-state index < -0.39 is 0 Å². The molecule has 19 heavy (non-hydrogen) atoms. The number of hydrogen-bond donors (Lipinski definition) is 1. The van der Waals surface area contributed by atoms with Gasteiger partial charge in [-0.05, 0) is 43.4 Å². The number of rotatable bonds is 5. The Labute approximate surface area is 113 Å². The van der Waals surface area contributed by atoms with Crippen molar-refractivity contribution < 1.29 is 0 Å². The number of aromatic nitrogens is 3. The van der Waals surface area contributed by atoms with Crippen LogP contribution < -0.4 is 5.73 Å². The maximum absolute atomic E-state index is 5.68. The summed E-state index contributed by atoms with van der Waals surface area (Å²) in [6.45, 7) is 3.01. The zero-order valence-electron chi connectivity index (χ0n) is 11.2. The third kappa shape index (κ3) is 2.68. The van der Waals surface area contributed by atoms with E-state index in [-0.39, 0.29) is 0 Å². The van der Waals surface area contributed by atoms with Gasteiger partial charge in [0, 0.05) is 18.3 Å². The van der Waals surface area contributed by atoms with Gasteiger partial charge in [0.15, 0.2) is 0 Å². The van der Waals surface area contributed by atoms with Crippen LogP contribution in [0.4, 0.5) is 0 Å². The lowest BCUT2D eigenvalue weighted by molar-refractivity contribution is 0.499. The minimum absolute atomic E-state index is 0.618. The molecule has 0 amide bonds. The van der Waals surface area contributed by atoms with Crippen LogP contribution in [0.1, 0.15) is 31.4 Å².